The molecule has 0 radical (unpaired) electrons. The van der Waals surface area contributed by atoms with Gasteiger partial charge in [-0.3, -0.25) is 4.79 Å². The summed E-state index contributed by atoms with van der Waals surface area (Å²) in [5, 5.41) is 8.28. The fourth-order valence-corrected chi connectivity index (χ4v) is 2.33. The molecule has 0 aliphatic rings. The van der Waals surface area contributed by atoms with Crippen molar-refractivity contribution in [1.29, 1.82) is 0 Å². The zero-order chi connectivity index (χ0) is 9.26. The van der Waals surface area contributed by atoms with Gasteiger partial charge in [-0.2, -0.15) is 5.10 Å². The summed E-state index contributed by atoms with van der Waals surface area (Å²) >= 11 is 4.93. The highest BCUT2D eigenvalue weighted by Crippen LogP contribution is 2.27. The number of hydrogen-bond donors (Lipinski definition) is 1. The molecule has 0 bridgehead atoms. The van der Waals surface area contributed by atoms with E-state index in [2.05, 4.69) is 26.1 Å². The van der Waals surface area contributed by atoms with Gasteiger partial charge in [0, 0.05) is 15.9 Å². The quantitative estimate of drug-likeness (QED) is 0.851. The molecule has 0 fully saturated rings. The van der Waals surface area contributed by atoms with E-state index >= 15 is 0 Å². The first-order valence-corrected chi connectivity index (χ1v) is 5.23. The molecule has 5 heteroatoms. The molecule has 3 nitrogen and oxygen atoms in total. The first-order chi connectivity index (χ1) is 6.25. The second kappa shape index (κ2) is 3.43. The minimum Gasteiger partial charge on any atom is -0.268 e. The Morgan fingerprint density at radius 1 is 1.46 bits per heavy atom. The van der Waals surface area contributed by atoms with Crippen molar-refractivity contribution in [2.45, 2.75) is 0 Å². The van der Waals surface area contributed by atoms with Gasteiger partial charge in [-0.05, 0) is 28.1 Å². The maximum atomic E-state index is 10.7. The van der Waals surface area contributed by atoms with Gasteiger partial charge in [-0.15, -0.1) is 11.3 Å². The SMILES string of the molecule is O=c1ccc(-c2cc(Br)cs2)n[nH]1. The molecule has 2 heterocycles. The minimum atomic E-state index is -0.181. The van der Waals surface area contributed by atoms with Crippen LogP contribution in [0.15, 0.2) is 32.8 Å². The molecule has 2 rings (SSSR count). The van der Waals surface area contributed by atoms with E-state index in [4.69, 9.17) is 0 Å². The molecule has 0 spiro atoms. The number of thiophene rings is 1. The van der Waals surface area contributed by atoms with Crippen molar-refractivity contribution >= 4 is 27.3 Å². The Labute approximate surface area is 86.6 Å². The maximum Gasteiger partial charge on any atom is 0.264 e. The third-order valence-corrected chi connectivity index (χ3v) is 3.21. The van der Waals surface area contributed by atoms with Gasteiger partial charge in [0.1, 0.15) is 5.69 Å². The van der Waals surface area contributed by atoms with Gasteiger partial charge in [-0.25, -0.2) is 5.10 Å². The molecule has 0 saturated carbocycles. The first-order valence-electron chi connectivity index (χ1n) is 3.56. The van der Waals surface area contributed by atoms with Crippen molar-refractivity contribution in [1.82, 2.24) is 10.2 Å². The van der Waals surface area contributed by atoms with Gasteiger partial charge in [0.05, 0.1) is 4.88 Å². The van der Waals surface area contributed by atoms with Crippen molar-refractivity contribution in [3.8, 4) is 10.6 Å². The molecule has 0 atom stereocenters. The Morgan fingerprint density at radius 2 is 2.31 bits per heavy atom. The maximum absolute atomic E-state index is 10.7. The van der Waals surface area contributed by atoms with Crippen molar-refractivity contribution in [2.75, 3.05) is 0 Å². The van der Waals surface area contributed by atoms with Crippen molar-refractivity contribution in [3.63, 3.8) is 0 Å². The Kier molecular flexibility index (Phi) is 2.28. The van der Waals surface area contributed by atoms with Crippen LogP contribution in [0.25, 0.3) is 10.6 Å². The fourth-order valence-electron chi connectivity index (χ4n) is 0.929. The minimum absolute atomic E-state index is 0.181. The second-order valence-corrected chi connectivity index (χ2v) is 4.26. The van der Waals surface area contributed by atoms with E-state index in [9.17, 15) is 4.79 Å². The lowest BCUT2D eigenvalue weighted by atomic mass is 10.3. The van der Waals surface area contributed by atoms with Crippen molar-refractivity contribution in [3.05, 3.63) is 38.4 Å². The van der Waals surface area contributed by atoms with E-state index in [0.717, 1.165) is 15.0 Å². The topological polar surface area (TPSA) is 45.8 Å². The summed E-state index contributed by atoms with van der Waals surface area (Å²) in [6, 6.07) is 5.14. The molecule has 2 aromatic rings. The number of nitrogens with one attached hydrogen (secondary N) is 1. The molecule has 0 aliphatic carbocycles. The highest BCUT2D eigenvalue weighted by molar-refractivity contribution is 9.10. The van der Waals surface area contributed by atoms with Crippen LogP contribution in [0.5, 0.6) is 0 Å². The van der Waals surface area contributed by atoms with E-state index < -0.39 is 0 Å². The van der Waals surface area contributed by atoms with Crippen LogP contribution in [0.3, 0.4) is 0 Å². The predicted molar refractivity (Wildman–Crippen MR) is 55.9 cm³/mol. The lowest BCUT2D eigenvalue weighted by molar-refractivity contribution is 0.998. The van der Waals surface area contributed by atoms with Crippen molar-refractivity contribution in [2.24, 2.45) is 0 Å². The molecular formula is C8H5BrN2OS. The standard InChI is InChI=1S/C8H5BrN2OS/c9-5-3-7(13-4-5)6-1-2-8(12)11-10-6/h1-4H,(H,11,12). The summed E-state index contributed by atoms with van der Waals surface area (Å²) < 4.78 is 1.03. The first kappa shape index (κ1) is 8.65. The molecule has 13 heavy (non-hydrogen) atoms. The van der Waals surface area contributed by atoms with Crippen LogP contribution in [0.4, 0.5) is 0 Å². The lowest BCUT2D eigenvalue weighted by Gasteiger charge is -1.92. The van der Waals surface area contributed by atoms with Gasteiger partial charge in [0.15, 0.2) is 0 Å². The highest BCUT2D eigenvalue weighted by atomic mass is 79.9. The molecule has 0 saturated heterocycles. The third kappa shape index (κ3) is 1.87. The monoisotopic (exact) mass is 256 g/mol. The van der Waals surface area contributed by atoms with Gasteiger partial charge < -0.3 is 0 Å². The second-order valence-electron chi connectivity index (χ2n) is 2.44. The molecule has 66 valence electrons. The molecule has 1 N–H and O–H groups in total. The number of halogens is 1. The number of nitrogens with zero attached hydrogens (tertiary/aromatic N) is 1. The average molecular weight is 257 g/mol. The van der Waals surface area contributed by atoms with Crippen LogP contribution >= 0.6 is 27.3 Å². The van der Waals surface area contributed by atoms with Crippen LogP contribution < -0.4 is 5.56 Å². The fraction of sp³-hybridized carbons (Fsp3) is 0. The molecule has 0 aromatic carbocycles. The number of hydrogen-bond acceptors (Lipinski definition) is 3. The normalized spacial score (nSPS) is 10.2. The van der Waals surface area contributed by atoms with E-state index in [-0.39, 0.29) is 5.56 Å². The van der Waals surface area contributed by atoms with E-state index in [0.29, 0.717) is 0 Å². The summed E-state index contributed by atoms with van der Waals surface area (Å²) in [6.07, 6.45) is 0. The van der Waals surface area contributed by atoms with E-state index in [1.54, 1.807) is 17.4 Å². The summed E-state index contributed by atoms with van der Waals surface area (Å²) in [5.74, 6) is 0. The third-order valence-electron chi connectivity index (χ3n) is 1.50. The molecule has 2 aromatic heterocycles. The summed E-state index contributed by atoms with van der Waals surface area (Å²) in [6.45, 7) is 0. The lowest BCUT2D eigenvalue weighted by Crippen LogP contribution is -2.04. The van der Waals surface area contributed by atoms with Crippen LogP contribution in [0, 0.1) is 0 Å². The summed E-state index contributed by atoms with van der Waals surface area (Å²) in [5.41, 5.74) is 0.606. The van der Waals surface area contributed by atoms with E-state index in [1.165, 1.54) is 6.07 Å². The molecule has 0 unspecified atom stereocenters. The number of aromatic nitrogens is 2. The van der Waals surface area contributed by atoms with Gasteiger partial charge in [0.2, 0.25) is 0 Å². The molecular weight excluding hydrogens is 252 g/mol. The summed E-state index contributed by atoms with van der Waals surface area (Å²) in [7, 11) is 0. The van der Waals surface area contributed by atoms with Crippen LogP contribution in [0.1, 0.15) is 0 Å². The average Bonchev–Trinajstić information content (AvgIpc) is 2.53. The van der Waals surface area contributed by atoms with Crippen LogP contribution in [0.2, 0.25) is 0 Å². The predicted octanol–water partition coefficient (Wildman–Crippen LogP) is 2.26. The largest absolute Gasteiger partial charge is 0.268 e. The number of rotatable bonds is 1. The highest BCUT2D eigenvalue weighted by Gasteiger charge is 2.01. The number of H-pyrrole nitrogens is 1. The number of aromatic amines is 1. The Hall–Kier alpha value is -0.940. The Balaban J connectivity index is 2.47. The smallest absolute Gasteiger partial charge is 0.264 e. The zero-order valence-corrected chi connectivity index (χ0v) is 8.85. The van der Waals surface area contributed by atoms with Crippen LogP contribution in [-0.2, 0) is 0 Å². The van der Waals surface area contributed by atoms with Crippen molar-refractivity contribution < 1.29 is 0 Å². The van der Waals surface area contributed by atoms with Gasteiger partial charge in [0.25, 0.3) is 5.56 Å². The molecule has 0 amide bonds. The zero-order valence-electron chi connectivity index (χ0n) is 6.45. The Morgan fingerprint density at radius 3 is 2.85 bits per heavy atom. The summed E-state index contributed by atoms with van der Waals surface area (Å²) in [4.78, 5) is 11.8. The molecule has 0 aliphatic heterocycles. The van der Waals surface area contributed by atoms with E-state index in [1.807, 2.05) is 11.4 Å². The Bertz CT molecular complexity index is 456. The van der Waals surface area contributed by atoms with Gasteiger partial charge >= 0.3 is 0 Å². The van der Waals surface area contributed by atoms with Crippen LogP contribution in [-0.4, -0.2) is 10.2 Å². The van der Waals surface area contributed by atoms with Gasteiger partial charge in [-0.1, -0.05) is 0 Å².